The van der Waals surface area contributed by atoms with Gasteiger partial charge in [0, 0.05) is 32.0 Å². The second-order valence-corrected chi connectivity index (χ2v) is 8.22. The van der Waals surface area contributed by atoms with E-state index >= 15 is 0 Å². The van der Waals surface area contributed by atoms with Gasteiger partial charge in [0.05, 0.1) is 5.52 Å². The van der Waals surface area contributed by atoms with Gasteiger partial charge in [-0.1, -0.05) is 56.7 Å². The standard InChI is InChI=1S/C14H9N2.C13H15N2.Ir/c1-2-6-11(7-3-1)14-12-8-4-5-9-13(12)15-10-16-14;1-13(2,3)10-8-12(15-9-10)11-6-4-5-7-14-11;/h1-6,8-10H;4-9H,1-3H3;/q2*-1;. The number of hydrogen-bond donors (Lipinski definition) is 0. The molecule has 0 atom stereocenters. The Morgan fingerprint density at radius 2 is 1.62 bits per heavy atom. The minimum Gasteiger partial charge on any atom is -0.662 e. The first-order valence-electron chi connectivity index (χ1n) is 10.2. The van der Waals surface area contributed by atoms with Crippen LogP contribution in [0.5, 0.6) is 0 Å². The van der Waals surface area contributed by atoms with E-state index in [1.807, 2.05) is 72.9 Å². The molecule has 0 aliphatic rings. The summed E-state index contributed by atoms with van der Waals surface area (Å²) in [4.78, 5) is 17.2. The van der Waals surface area contributed by atoms with Crippen molar-refractivity contribution in [2.75, 3.05) is 0 Å². The van der Waals surface area contributed by atoms with Gasteiger partial charge in [0.2, 0.25) is 0 Å². The molecule has 3 aromatic heterocycles. The molecule has 5 aromatic rings. The zero-order valence-corrected chi connectivity index (χ0v) is 20.7. The first-order valence-corrected chi connectivity index (χ1v) is 10.2. The van der Waals surface area contributed by atoms with Crippen LogP contribution in [-0.4, -0.2) is 15.0 Å². The molecule has 0 saturated carbocycles. The zero-order chi connectivity index (χ0) is 21.7. The maximum Gasteiger partial charge on any atom is 0.106 e. The Labute approximate surface area is 202 Å². The molecular formula is C27H24IrN4-2. The summed E-state index contributed by atoms with van der Waals surface area (Å²) in [5.41, 5.74) is 6.20. The number of benzene rings is 2. The van der Waals surface area contributed by atoms with Gasteiger partial charge < -0.3 is 4.98 Å². The molecule has 0 aliphatic carbocycles. The summed E-state index contributed by atoms with van der Waals surface area (Å²) in [5.74, 6) is 0. The summed E-state index contributed by atoms with van der Waals surface area (Å²) < 4.78 is 0. The Kier molecular flexibility index (Phi) is 7.68. The molecule has 0 fully saturated rings. The molecule has 32 heavy (non-hydrogen) atoms. The van der Waals surface area contributed by atoms with Gasteiger partial charge in [-0.3, -0.25) is 9.97 Å². The van der Waals surface area contributed by atoms with Crippen LogP contribution in [0.1, 0.15) is 26.3 Å². The average molecular weight is 597 g/mol. The fourth-order valence-corrected chi connectivity index (χ4v) is 3.19. The molecule has 0 unspecified atom stereocenters. The van der Waals surface area contributed by atoms with Gasteiger partial charge in [0.15, 0.2) is 0 Å². The number of rotatable bonds is 2. The van der Waals surface area contributed by atoms with Crippen molar-refractivity contribution in [2.45, 2.75) is 26.2 Å². The molecule has 0 N–H and O–H groups in total. The van der Waals surface area contributed by atoms with E-state index in [1.54, 1.807) is 12.5 Å². The third kappa shape index (κ3) is 5.56. The van der Waals surface area contributed by atoms with Crippen LogP contribution in [-0.2, 0) is 25.5 Å². The number of para-hydroxylation sites is 1. The Morgan fingerprint density at radius 3 is 2.31 bits per heavy atom. The number of nitrogens with zero attached hydrogens (tertiary/aromatic N) is 4. The molecular weight excluding hydrogens is 573 g/mol. The number of hydrogen-bond acceptors (Lipinski definition) is 3. The van der Waals surface area contributed by atoms with Crippen molar-refractivity contribution < 1.29 is 20.1 Å². The van der Waals surface area contributed by atoms with Crippen LogP contribution in [0.15, 0.2) is 91.5 Å². The first-order chi connectivity index (χ1) is 15.0. The smallest absolute Gasteiger partial charge is 0.106 e. The van der Waals surface area contributed by atoms with E-state index in [0.29, 0.717) is 0 Å². The van der Waals surface area contributed by atoms with Crippen molar-refractivity contribution in [3.63, 3.8) is 0 Å². The Balaban J connectivity index is 0.000000176. The van der Waals surface area contributed by atoms with E-state index in [2.05, 4.69) is 52.8 Å². The third-order valence-electron chi connectivity index (χ3n) is 4.94. The molecule has 0 aliphatic heterocycles. The third-order valence-corrected chi connectivity index (χ3v) is 4.94. The molecule has 5 heteroatoms. The van der Waals surface area contributed by atoms with Gasteiger partial charge in [-0.2, -0.15) is 6.20 Å². The van der Waals surface area contributed by atoms with Gasteiger partial charge in [-0.15, -0.1) is 41.6 Å². The van der Waals surface area contributed by atoms with Crippen molar-refractivity contribution in [1.82, 2.24) is 19.9 Å². The molecule has 0 bridgehead atoms. The maximum atomic E-state index is 4.39. The normalized spacial score (nSPS) is 10.7. The second-order valence-electron chi connectivity index (χ2n) is 8.22. The van der Waals surface area contributed by atoms with E-state index in [9.17, 15) is 0 Å². The van der Waals surface area contributed by atoms with E-state index in [4.69, 9.17) is 0 Å². The molecule has 4 nitrogen and oxygen atoms in total. The fraction of sp³-hybridized carbons (Fsp3) is 0.148. The van der Waals surface area contributed by atoms with Gasteiger partial charge in [-0.05, 0) is 34.7 Å². The van der Waals surface area contributed by atoms with Gasteiger partial charge in [0.1, 0.15) is 6.33 Å². The molecule has 2 aromatic carbocycles. The molecule has 0 amide bonds. The van der Waals surface area contributed by atoms with Crippen LogP contribution >= 0.6 is 0 Å². The Hall–Kier alpha value is -3.14. The topological polar surface area (TPSA) is 52.8 Å². The number of pyridine rings is 1. The van der Waals surface area contributed by atoms with Crippen LogP contribution in [0.2, 0.25) is 0 Å². The molecule has 5 rings (SSSR count). The summed E-state index contributed by atoms with van der Waals surface area (Å²) in [6.07, 6.45) is 5.32. The van der Waals surface area contributed by atoms with Gasteiger partial charge in [0.25, 0.3) is 0 Å². The Bertz CT molecular complexity index is 1250. The molecule has 0 saturated heterocycles. The van der Waals surface area contributed by atoms with Crippen molar-refractivity contribution in [3.05, 3.63) is 103 Å². The molecule has 1 radical (unpaired) electrons. The van der Waals surface area contributed by atoms with E-state index in [-0.39, 0.29) is 25.5 Å². The van der Waals surface area contributed by atoms with Crippen LogP contribution in [0.25, 0.3) is 33.5 Å². The largest absolute Gasteiger partial charge is 0.662 e. The summed E-state index contributed by atoms with van der Waals surface area (Å²) in [5, 5.41) is 1.06. The van der Waals surface area contributed by atoms with Crippen molar-refractivity contribution in [1.29, 1.82) is 0 Å². The summed E-state index contributed by atoms with van der Waals surface area (Å²) >= 11 is 0. The molecule has 0 spiro atoms. The van der Waals surface area contributed by atoms with Gasteiger partial charge >= 0.3 is 0 Å². The number of fused-ring (bicyclic) bond motifs is 1. The van der Waals surface area contributed by atoms with E-state index < -0.39 is 0 Å². The fourth-order valence-electron chi connectivity index (χ4n) is 3.19. The SMILES string of the molecule is CC(C)(C)c1c[n-]c(-c2ccccn2)c1.[Ir].[c-]1ccccc1-c1ncnc2ccccc12. The predicted octanol–water partition coefficient (Wildman–Crippen LogP) is 6.10. The molecule has 3 heterocycles. The second kappa shape index (κ2) is 10.4. The van der Waals surface area contributed by atoms with E-state index in [0.717, 1.165) is 33.5 Å². The first kappa shape index (κ1) is 23.5. The van der Waals surface area contributed by atoms with Crippen LogP contribution < -0.4 is 4.98 Å². The summed E-state index contributed by atoms with van der Waals surface area (Å²) in [6.45, 7) is 6.56. The Morgan fingerprint density at radius 1 is 0.844 bits per heavy atom. The molecule has 163 valence electrons. The quantitative estimate of drug-likeness (QED) is 0.231. The summed E-state index contributed by atoms with van der Waals surface area (Å²) in [7, 11) is 0. The van der Waals surface area contributed by atoms with Crippen LogP contribution in [0, 0.1) is 6.07 Å². The van der Waals surface area contributed by atoms with E-state index in [1.165, 1.54) is 5.56 Å². The predicted molar refractivity (Wildman–Crippen MR) is 126 cm³/mol. The van der Waals surface area contributed by atoms with Gasteiger partial charge in [-0.25, -0.2) is 4.98 Å². The number of aromatic nitrogens is 4. The van der Waals surface area contributed by atoms with Crippen molar-refractivity contribution in [3.8, 4) is 22.6 Å². The maximum absolute atomic E-state index is 4.39. The van der Waals surface area contributed by atoms with Crippen LogP contribution in [0.3, 0.4) is 0 Å². The van der Waals surface area contributed by atoms with Crippen molar-refractivity contribution >= 4 is 10.9 Å². The van der Waals surface area contributed by atoms with Crippen molar-refractivity contribution in [2.24, 2.45) is 0 Å². The van der Waals surface area contributed by atoms with Crippen LogP contribution in [0.4, 0.5) is 0 Å². The minimum absolute atomic E-state index is 0. The zero-order valence-electron chi connectivity index (χ0n) is 18.3. The minimum atomic E-state index is 0. The monoisotopic (exact) mass is 597 g/mol. The summed E-state index contributed by atoms with van der Waals surface area (Å²) in [6, 6.07) is 27.0. The average Bonchev–Trinajstić information content (AvgIpc) is 3.32.